The highest BCUT2D eigenvalue weighted by Gasteiger charge is 2.20. The molecule has 0 saturated heterocycles. The lowest BCUT2D eigenvalue weighted by Gasteiger charge is -2.05. The molecule has 0 aliphatic rings. The lowest BCUT2D eigenvalue weighted by atomic mass is 10.0. The highest BCUT2D eigenvalue weighted by Crippen LogP contribution is 2.39. The number of rotatable bonds is 6. The summed E-state index contributed by atoms with van der Waals surface area (Å²) in [5, 5.41) is 0. The Morgan fingerprint density at radius 2 is 2.21 bits per heavy atom. The maximum Gasteiger partial charge on any atom is 0.173 e. The molecule has 1 aromatic rings. The van der Waals surface area contributed by atoms with E-state index in [1.54, 1.807) is 35.4 Å². The van der Waals surface area contributed by atoms with Crippen LogP contribution in [0, 0.1) is 6.92 Å². The second-order valence-corrected chi connectivity index (χ2v) is 6.01. The van der Waals surface area contributed by atoms with Crippen molar-refractivity contribution in [2.75, 3.05) is 6.26 Å². The SMILES string of the molecule is C=C/C=C\C(=C/N)c1c(C(=O)CC)sc(SC)c1C. The molecule has 0 spiro atoms. The molecule has 0 radical (unpaired) electrons. The van der Waals surface area contributed by atoms with E-state index >= 15 is 0 Å². The first-order valence-corrected chi connectivity index (χ1v) is 8.06. The van der Waals surface area contributed by atoms with E-state index in [1.165, 1.54) is 0 Å². The number of ketones is 1. The Bertz CT molecular complexity index is 539. The summed E-state index contributed by atoms with van der Waals surface area (Å²) < 4.78 is 1.16. The maximum atomic E-state index is 12.1. The van der Waals surface area contributed by atoms with Gasteiger partial charge in [0, 0.05) is 18.2 Å². The van der Waals surface area contributed by atoms with Crippen molar-refractivity contribution >= 4 is 34.5 Å². The van der Waals surface area contributed by atoms with Crippen LogP contribution in [0.3, 0.4) is 0 Å². The van der Waals surface area contributed by atoms with Gasteiger partial charge in [0.1, 0.15) is 0 Å². The van der Waals surface area contributed by atoms with Crippen LogP contribution < -0.4 is 5.73 Å². The monoisotopic (exact) mass is 293 g/mol. The van der Waals surface area contributed by atoms with Gasteiger partial charge in [0.25, 0.3) is 0 Å². The molecule has 4 heteroatoms. The first kappa shape index (κ1) is 15.8. The van der Waals surface area contributed by atoms with E-state index in [-0.39, 0.29) is 5.78 Å². The van der Waals surface area contributed by atoms with E-state index in [0.717, 1.165) is 25.8 Å². The molecular formula is C15H19NOS2. The van der Waals surface area contributed by atoms with Crippen molar-refractivity contribution in [3.05, 3.63) is 47.0 Å². The van der Waals surface area contributed by atoms with Gasteiger partial charge in [0.2, 0.25) is 0 Å². The fraction of sp³-hybridized carbons (Fsp3) is 0.267. The van der Waals surface area contributed by atoms with Crippen LogP contribution in [0.2, 0.25) is 0 Å². The van der Waals surface area contributed by atoms with Crippen molar-refractivity contribution in [3.8, 4) is 0 Å². The van der Waals surface area contributed by atoms with Gasteiger partial charge < -0.3 is 5.73 Å². The van der Waals surface area contributed by atoms with Gasteiger partial charge in [-0.2, -0.15) is 0 Å². The average molecular weight is 293 g/mol. The summed E-state index contributed by atoms with van der Waals surface area (Å²) in [5.41, 5.74) is 8.67. The molecule has 2 nitrogen and oxygen atoms in total. The molecular weight excluding hydrogens is 274 g/mol. The highest BCUT2D eigenvalue weighted by molar-refractivity contribution is 8.00. The Balaban J connectivity index is 3.46. The van der Waals surface area contributed by atoms with Crippen LogP contribution in [0.5, 0.6) is 0 Å². The largest absolute Gasteiger partial charge is 0.404 e. The number of thioether (sulfide) groups is 1. The number of hydrogen-bond acceptors (Lipinski definition) is 4. The first-order chi connectivity index (χ1) is 9.10. The molecule has 0 bridgehead atoms. The van der Waals surface area contributed by atoms with Gasteiger partial charge in [-0.3, -0.25) is 4.79 Å². The Labute approximate surface area is 123 Å². The summed E-state index contributed by atoms with van der Waals surface area (Å²) in [6, 6.07) is 0. The molecule has 0 unspecified atom stereocenters. The number of hydrogen-bond donors (Lipinski definition) is 1. The minimum atomic E-state index is 0.162. The van der Waals surface area contributed by atoms with Crippen molar-refractivity contribution in [1.82, 2.24) is 0 Å². The Hall–Kier alpha value is -1.26. The van der Waals surface area contributed by atoms with Crippen LogP contribution in [-0.4, -0.2) is 12.0 Å². The van der Waals surface area contributed by atoms with Crippen molar-refractivity contribution in [1.29, 1.82) is 0 Å². The fourth-order valence-corrected chi connectivity index (χ4v) is 3.85. The van der Waals surface area contributed by atoms with Gasteiger partial charge in [-0.25, -0.2) is 0 Å². The van der Waals surface area contributed by atoms with Crippen LogP contribution in [0.15, 0.2) is 35.2 Å². The molecule has 0 atom stereocenters. The highest BCUT2D eigenvalue weighted by atomic mass is 32.2. The molecule has 0 aliphatic heterocycles. The van der Waals surface area contributed by atoms with Gasteiger partial charge in [-0.15, -0.1) is 23.1 Å². The fourth-order valence-electron chi connectivity index (χ4n) is 1.79. The summed E-state index contributed by atoms with van der Waals surface area (Å²) in [7, 11) is 0. The topological polar surface area (TPSA) is 43.1 Å². The van der Waals surface area contributed by atoms with E-state index in [2.05, 4.69) is 6.58 Å². The van der Waals surface area contributed by atoms with Gasteiger partial charge >= 0.3 is 0 Å². The number of carbonyl (C=O) groups excluding carboxylic acids is 1. The lowest BCUT2D eigenvalue weighted by Crippen LogP contribution is -1.99. The van der Waals surface area contributed by atoms with Gasteiger partial charge in [0.05, 0.1) is 9.09 Å². The van der Waals surface area contributed by atoms with Crippen LogP contribution in [0.25, 0.3) is 5.57 Å². The van der Waals surface area contributed by atoms with E-state index in [1.807, 2.05) is 32.3 Å². The predicted octanol–water partition coefficient (Wildman–Crippen LogP) is 4.41. The molecule has 0 amide bonds. The van der Waals surface area contributed by atoms with Gasteiger partial charge in [-0.1, -0.05) is 31.7 Å². The van der Waals surface area contributed by atoms with Crippen LogP contribution in [0.1, 0.15) is 34.1 Å². The quantitative estimate of drug-likeness (QED) is 0.480. The third-order valence-electron chi connectivity index (χ3n) is 2.74. The van der Waals surface area contributed by atoms with Crippen LogP contribution >= 0.6 is 23.1 Å². The van der Waals surface area contributed by atoms with Crippen molar-refractivity contribution < 1.29 is 4.79 Å². The summed E-state index contributed by atoms with van der Waals surface area (Å²) in [6.07, 6.45) is 9.49. The maximum absolute atomic E-state index is 12.1. The summed E-state index contributed by atoms with van der Waals surface area (Å²) >= 11 is 3.22. The summed E-state index contributed by atoms with van der Waals surface area (Å²) in [6.45, 7) is 7.57. The molecule has 19 heavy (non-hydrogen) atoms. The van der Waals surface area contributed by atoms with E-state index in [0.29, 0.717) is 6.42 Å². The second-order valence-electron chi connectivity index (χ2n) is 3.92. The van der Waals surface area contributed by atoms with Crippen LogP contribution in [0.4, 0.5) is 0 Å². The van der Waals surface area contributed by atoms with Crippen molar-refractivity contribution in [2.24, 2.45) is 5.73 Å². The van der Waals surface area contributed by atoms with E-state index in [4.69, 9.17) is 5.73 Å². The molecule has 0 saturated carbocycles. The molecule has 1 aromatic heterocycles. The van der Waals surface area contributed by atoms with Crippen molar-refractivity contribution in [2.45, 2.75) is 24.5 Å². The van der Waals surface area contributed by atoms with Gasteiger partial charge in [0.15, 0.2) is 5.78 Å². The minimum Gasteiger partial charge on any atom is -0.404 e. The number of Topliss-reactive ketones (excluding diaryl/α,β-unsaturated/α-hetero) is 1. The Kier molecular flexibility index (Phi) is 6.12. The zero-order valence-electron chi connectivity index (χ0n) is 11.5. The molecule has 0 aromatic carbocycles. The third kappa shape index (κ3) is 3.39. The first-order valence-electron chi connectivity index (χ1n) is 6.02. The Morgan fingerprint density at radius 3 is 2.68 bits per heavy atom. The summed E-state index contributed by atoms with van der Waals surface area (Å²) in [5.74, 6) is 0.162. The number of carbonyl (C=O) groups is 1. The zero-order valence-corrected chi connectivity index (χ0v) is 13.2. The molecule has 0 fully saturated rings. The molecule has 1 heterocycles. The minimum absolute atomic E-state index is 0.162. The predicted molar refractivity (Wildman–Crippen MR) is 87.0 cm³/mol. The smallest absolute Gasteiger partial charge is 0.173 e. The second kappa shape index (κ2) is 7.36. The van der Waals surface area contributed by atoms with Crippen LogP contribution in [-0.2, 0) is 0 Å². The van der Waals surface area contributed by atoms with Crippen molar-refractivity contribution in [3.63, 3.8) is 0 Å². The summed E-state index contributed by atoms with van der Waals surface area (Å²) in [4.78, 5) is 12.9. The van der Waals surface area contributed by atoms with Gasteiger partial charge in [-0.05, 0) is 24.3 Å². The normalized spacial score (nSPS) is 12.1. The zero-order chi connectivity index (χ0) is 14.4. The average Bonchev–Trinajstić information content (AvgIpc) is 2.76. The molecule has 0 aliphatic carbocycles. The molecule has 1 rings (SSSR count). The number of thiophene rings is 1. The van der Waals surface area contributed by atoms with E-state index < -0.39 is 0 Å². The molecule has 2 N–H and O–H groups in total. The number of allylic oxidation sites excluding steroid dienone is 4. The van der Waals surface area contributed by atoms with E-state index in [9.17, 15) is 4.79 Å². The Morgan fingerprint density at radius 1 is 1.53 bits per heavy atom. The molecule has 102 valence electrons. The standard InChI is InChI=1S/C15H19NOS2/c1-5-7-8-11(9-16)13-10(3)15(18-4)19-14(13)12(17)6-2/h5,7-9H,1,6,16H2,2-4H3/b8-7-,11-9+. The lowest BCUT2D eigenvalue weighted by molar-refractivity contribution is 0.0992. The number of nitrogens with two attached hydrogens (primary N) is 1. The third-order valence-corrected chi connectivity index (χ3v) is 5.30.